The molecule has 0 aromatic carbocycles. The predicted octanol–water partition coefficient (Wildman–Crippen LogP) is 1.03. The van der Waals surface area contributed by atoms with Crippen molar-refractivity contribution in [1.29, 1.82) is 0 Å². The summed E-state index contributed by atoms with van der Waals surface area (Å²) in [5.41, 5.74) is 0. The summed E-state index contributed by atoms with van der Waals surface area (Å²) in [6, 6.07) is 0. The van der Waals surface area contributed by atoms with Crippen LogP contribution in [-0.4, -0.2) is 47.2 Å². The van der Waals surface area contributed by atoms with Crippen LogP contribution in [0.5, 0.6) is 0 Å². The van der Waals surface area contributed by atoms with Gasteiger partial charge < -0.3 is 4.90 Å². The fourth-order valence-corrected chi connectivity index (χ4v) is 5.00. The molecule has 3 amide bonds. The van der Waals surface area contributed by atoms with Crippen LogP contribution in [-0.2, 0) is 14.4 Å². The van der Waals surface area contributed by atoms with Crippen LogP contribution >= 0.6 is 0 Å². The van der Waals surface area contributed by atoms with Gasteiger partial charge in [-0.2, -0.15) is 0 Å². The summed E-state index contributed by atoms with van der Waals surface area (Å²) in [7, 11) is 0. The van der Waals surface area contributed by atoms with E-state index >= 15 is 0 Å². The standard InChI is InChI=1S/C16H22N2O3/c19-12(17-6-2-1-3-7-17)9-18-15(20)13-10-4-5-11(8-10)14(13)16(18)21/h10-11,13-14H,1-9H2/t10-,11-,13-,14+/m0/s1. The number of nitrogens with zero attached hydrogens (tertiary/aromatic N) is 2. The van der Waals surface area contributed by atoms with Crippen LogP contribution in [0.2, 0.25) is 0 Å². The number of rotatable bonds is 2. The molecule has 0 aromatic rings. The Labute approximate surface area is 124 Å². The topological polar surface area (TPSA) is 57.7 Å². The Morgan fingerprint density at radius 3 is 2.10 bits per heavy atom. The normalized spacial score (nSPS) is 38.3. The molecule has 2 saturated carbocycles. The van der Waals surface area contributed by atoms with E-state index in [2.05, 4.69) is 0 Å². The molecule has 0 spiro atoms. The van der Waals surface area contributed by atoms with E-state index in [4.69, 9.17) is 0 Å². The molecule has 21 heavy (non-hydrogen) atoms. The van der Waals surface area contributed by atoms with Crippen molar-refractivity contribution >= 4 is 17.7 Å². The van der Waals surface area contributed by atoms with Crippen LogP contribution in [0, 0.1) is 23.7 Å². The van der Waals surface area contributed by atoms with Crippen molar-refractivity contribution in [2.24, 2.45) is 23.7 Å². The number of carbonyl (C=O) groups is 3. The van der Waals surface area contributed by atoms with E-state index in [-0.39, 0.29) is 36.1 Å². The predicted molar refractivity (Wildman–Crippen MR) is 75.0 cm³/mol. The lowest BCUT2D eigenvalue weighted by Crippen LogP contribution is -2.45. The lowest BCUT2D eigenvalue weighted by atomic mass is 9.81. The molecule has 5 heteroatoms. The third-order valence-electron chi connectivity index (χ3n) is 6.02. The van der Waals surface area contributed by atoms with Crippen LogP contribution in [0.4, 0.5) is 0 Å². The number of imide groups is 1. The molecule has 4 aliphatic rings. The molecule has 2 bridgehead atoms. The number of amides is 3. The fraction of sp³-hybridized carbons (Fsp3) is 0.812. The van der Waals surface area contributed by atoms with E-state index in [1.807, 2.05) is 4.90 Å². The van der Waals surface area contributed by atoms with E-state index < -0.39 is 0 Å². The Kier molecular flexibility index (Phi) is 3.05. The van der Waals surface area contributed by atoms with Crippen LogP contribution in [0.3, 0.4) is 0 Å². The summed E-state index contributed by atoms with van der Waals surface area (Å²) in [4.78, 5) is 40.5. The van der Waals surface area contributed by atoms with Crippen LogP contribution < -0.4 is 0 Å². The molecule has 4 rings (SSSR count). The SMILES string of the molecule is O=C(CN1C(=O)[C@@H]2[C@H]3CC[C@@H](C3)[C@@H]2C1=O)N1CCCCC1. The first kappa shape index (κ1) is 13.3. The van der Waals surface area contributed by atoms with Crippen molar-refractivity contribution in [3.05, 3.63) is 0 Å². The first-order valence-corrected chi connectivity index (χ1v) is 8.30. The Hall–Kier alpha value is -1.39. The number of fused-ring (bicyclic) bond motifs is 5. The monoisotopic (exact) mass is 290 g/mol. The van der Waals surface area contributed by atoms with Gasteiger partial charge in [-0.3, -0.25) is 19.3 Å². The van der Waals surface area contributed by atoms with Gasteiger partial charge >= 0.3 is 0 Å². The van der Waals surface area contributed by atoms with Crippen molar-refractivity contribution in [3.8, 4) is 0 Å². The molecule has 0 unspecified atom stereocenters. The minimum atomic E-state index is -0.106. The van der Waals surface area contributed by atoms with Crippen LogP contribution in [0.25, 0.3) is 0 Å². The van der Waals surface area contributed by atoms with E-state index in [9.17, 15) is 14.4 Å². The molecule has 4 atom stereocenters. The number of hydrogen-bond donors (Lipinski definition) is 0. The summed E-state index contributed by atoms with van der Waals surface area (Å²) in [6.07, 6.45) is 6.43. The summed E-state index contributed by atoms with van der Waals surface area (Å²) in [5, 5.41) is 0. The zero-order valence-corrected chi connectivity index (χ0v) is 12.3. The third-order valence-corrected chi connectivity index (χ3v) is 6.02. The molecule has 2 heterocycles. The minimum absolute atomic E-state index is 0.0237. The van der Waals surface area contributed by atoms with Gasteiger partial charge in [0.2, 0.25) is 17.7 Å². The first-order valence-electron chi connectivity index (χ1n) is 8.30. The number of likely N-dealkylation sites (tertiary alicyclic amines) is 2. The largest absolute Gasteiger partial charge is 0.341 e. The highest BCUT2D eigenvalue weighted by Gasteiger charge is 2.61. The van der Waals surface area contributed by atoms with Gasteiger partial charge in [0.15, 0.2) is 0 Å². The second-order valence-electron chi connectivity index (χ2n) is 7.09. The number of hydrogen-bond acceptors (Lipinski definition) is 3. The van der Waals surface area contributed by atoms with Crippen LogP contribution in [0.15, 0.2) is 0 Å². The van der Waals surface area contributed by atoms with Gasteiger partial charge in [0, 0.05) is 13.1 Å². The van der Waals surface area contributed by atoms with Crippen molar-refractivity contribution in [2.75, 3.05) is 19.6 Å². The van der Waals surface area contributed by atoms with E-state index in [0.717, 1.165) is 45.2 Å². The molecule has 2 aliphatic carbocycles. The summed E-state index contributed by atoms with van der Waals surface area (Å²) in [5.74, 6) is 0.391. The lowest BCUT2D eigenvalue weighted by molar-refractivity contribution is -0.147. The summed E-state index contributed by atoms with van der Waals surface area (Å²) < 4.78 is 0. The molecular formula is C16H22N2O3. The third kappa shape index (κ3) is 1.93. The Balaban J connectivity index is 1.47. The highest BCUT2D eigenvalue weighted by molar-refractivity contribution is 6.08. The number of piperidine rings is 1. The first-order chi connectivity index (χ1) is 10.2. The molecule has 5 nitrogen and oxygen atoms in total. The molecule has 2 saturated heterocycles. The maximum atomic E-state index is 12.5. The number of carbonyl (C=O) groups excluding carboxylic acids is 3. The highest BCUT2D eigenvalue weighted by Crippen LogP contribution is 2.56. The average Bonchev–Trinajstić information content (AvgIpc) is 3.18. The lowest BCUT2D eigenvalue weighted by Gasteiger charge is -2.28. The summed E-state index contributed by atoms with van der Waals surface area (Å²) in [6.45, 7) is 1.52. The van der Waals surface area contributed by atoms with E-state index in [0.29, 0.717) is 11.8 Å². The van der Waals surface area contributed by atoms with Gasteiger partial charge in [-0.25, -0.2) is 0 Å². The zero-order valence-electron chi connectivity index (χ0n) is 12.3. The van der Waals surface area contributed by atoms with E-state index in [1.165, 1.54) is 11.3 Å². The minimum Gasteiger partial charge on any atom is -0.341 e. The van der Waals surface area contributed by atoms with Gasteiger partial charge in [0.05, 0.1) is 11.8 Å². The van der Waals surface area contributed by atoms with Gasteiger partial charge in [0.1, 0.15) is 6.54 Å². The van der Waals surface area contributed by atoms with E-state index in [1.54, 1.807) is 0 Å². The molecule has 0 N–H and O–H groups in total. The molecule has 2 aliphatic heterocycles. The average molecular weight is 290 g/mol. The summed E-state index contributed by atoms with van der Waals surface area (Å²) >= 11 is 0. The maximum Gasteiger partial charge on any atom is 0.242 e. The quantitative estimate of drug-likeness (QED) is 0.714. The smallest absolute Gasteiger partial charge is 0.242 e. The zero-order chi connectivity index (χ0) is 14.6. The molecule has 0 aromatic heterocycles. The van der Waals surface area contributed by atoms with Crippen molar-refractivity contribution in [1.82, 2.24) is 9.80 Å². The van der Waals surface area contributed by atoms with Crippen molar-refractivity contribution in [2.45, 2.75) is 38.5 Å². The Bertz CT molecular complexity index is 470. The maximum absolute atomic E-state index is 12.5. The molecular weight excluding hydrogens is 268 g/mol. The molecule has 0 radical (unpaired) electrons. The van der Waals surface area contributed by atoms with Gasteiger partial charge in [-0.1, -0.05) is 0 Å². The highest BCUT2D eigenvalue weighted by atomic mass is 16.2. The second-order valence-corrected chi connectivity index (χ2v) is 7.09. The van der Waals surface area contributed by atoms with Gasteiger partial charge in [-0.05, 0) is 50.4 Å². The second kappa shape index (κ2) is 4.82. The van der Waals surface area contributed by atoms with Gasteiger partial charge in [-0.15, -0.1) is 0 Å². The van der Waals surface area contributed by atoms with Gasteiger partial charge in [0.25, 0.3) is 0 Å². The molecule has 4 fully saturated rings. The fourth-order valence-electron chi connectivity index (χ4n) is 5.00. The Morgan fingerprint density at radius 1 is 0.952 bits per heavy atom. The molecule has 114 valence electrons. The Morgan fingerprint density at radius 2 is 1.52 bits per heavy atom. The van der Waals surface area contributed by atoms with Crippen LogP contribution in [0.1, 0.15) is 38.5 Å². The van der Waals surface area contributed by atoms with Crippen molar-refractivity contribution < 1.29 is 14.4 Å². The van der Waals surface area contributed by atoms with Crippen molar-refractivity contribution in [3.63, 3.8) is 0 Å².